The molecule has 0 aromatic carbocycles. The molecule has 0 radical (unpaired) electrons. The normalized spacial score (nSPS) is 21.4. The Morgan fingerprint density at radius 1 is 1.76 bits per heavy atom. The number of ether oxygens (including phenoxy) is 1. The number of amides is 1. The van der Waals surface area contributed by atoms with Gasteiger partial charge in [-0.05, 0) is 31.2 Å². The summed E-state index contributed by atoms with van der Waals surface area (Å²) in [7, 11) is 0. The summed E-state index contributed by atoms with van der Waals surface area (Å²) in [6.45, 7) is 2.85. The van der Waals surface area contributed by atoms with E-state index in [0.29, 0.717) is 5.75 Å². The smallest absolute Gasteiger partial charge is 0.230 e. The number of hydrogen-bond acceptors (Lipinski definition) is 4. The maximum atomic E-state index is 11.7. The van der Waals surface area contributed by atoms with Gasteiger partial charge >= 0.3 is 0 Å². The van der Waals surface area contributed by atoms with Gasteiger partial charge in [0.25, 0.3) is 0 Å². The lowest BCUT2D eigenvalue weighted by atomic mass is 10.1. The largest absolute Gasteiger partial charge is 0.376 e. The van der Waals surface area contributed by atoms with E-state index in [2.05, 4.69) is 5.32 Å². The highest BCUT2D eigenvalue weighted by Crippen LogP contribution is 2.23. The molecule has 1 aromatic heterocycles. The summed E-state index contributed by atoms with van der Waals surface area (Å²) in [6, 6.07) is 4.15. The van der Waals surface area contributed by atoms with Crippen LogP contribution in [0.3, 0.4) is 0 Å². The zero-order valence-electron chi connectivity index (χ0n) is 9.85. The summed E-state index contributed by atoms with van der Waals surface area (Å²) in [5.41, 5.74) is 0. The fourth-order valence-electron chi connectivity index (χ4n) is 1.87. The highest BCUT2D eigenvalue weighted by Gasteiger charge is 2.23. The molecule has 3 nitrogen and oxygen atoms in total. The van der Waals surface area contributed by atoms with Gasteiger partial charge in [0.2, 0.25) is 5.91 Å². The molecule has 1 saturated heterocycles. The minimum absolute atomic E-state index is 0.0893. The molecule has 0 unspecified atom stereocenters. The number of carbonyl (C=O) groups is 1. The van der Waals surface area contributed by atoms with Crippen molar-refractivity contribution in [1.29, 1.82) is 0 Å². The van der Waals surface area contributed by atoms with E-state index in [9.17, 15) is 4.79 Å². The van der Waals surface area contributed by atoms with Crippen molar-refractivity contribution < 1.29 is 9.53 Å². The van der Waals surface area contributed by atoms with Crippen LogP contribution in [0, 0.1) is 0 Å². The first kappa shape index (κ1) is 12.9. The first-order valence-electron chi connectivity index (χ1n) is 5.83. The van der Waals surface area contributed by atoms with Gasteiger partial charge in [-0.15, -0.1) is 23.1 Å². The molecule has 0 aliphatic carbocycles. The molecule has 2 heterocycles. The fraction of sp³-hybridized carbons (Fsp3) is 0.583. The van der Waals surface area contributed by atoms with E-state index in [1.165, 1.54) is 4.21 Å². The van der Waals surface area contributed by atoms with Gasteiger partial charge in [-0.2, -0.15) is 0 Å². The molecule has 2 rings (SSSR count). The van der Waals surface area contributed by atoms with Crippen LogP contribution < -0.4 is 5.32 Å². The molecule has 1 aliphatic rings. The van der Waals surface area contributed by atoms with Crippen LogP contribution >= 0.6 is 23.1 Å². The van der Waals surface area contributed by atoms with Gasteiger partial charge < -0.3 is 10.1 Å². The van der Waals surface area contributed by atoms with Crippen LogP contribution in [-0.2, 0) is 9.53 Å². The van der Waals surface area contributed by atoms with E-state index in [4.69, 9.17) is 4.74 Å². The number of rotatable bonds is 5. The lowest BCUT2D eigenvalue weighted by Crippen LogP contribution is -2.41. The quantitative estimate of drug-likeness (QED) is 0.836. The summed E-state index contributed by atoms with van der Waals surface area (Å²) < 4.78 is 6.73. The molecule has 1 amide bonds. The minimum Gasteiger partial charge on any atom is -0.376 e. The molecule has 0 saturated carbocycles. The molecule has 1 fully saturated rings. The SMILES string of the molecule is C[C@@H](NC(=O)CSc1cccs1)[C@H]1CCCO1. The van der Waals surface area contributed by atoms with E-state index in [0.717, 1.165) is 19.4 Å². The zero-order chi connectivity index (χ0) is 12.1. The maximum absolute atomic E-state index is 11.7. The van der Waals surface area contributed by atoms with Gasteiger partial charge in [-0.3, -0.25) is 4.79 Å². The summed E-state index contributed by atoms with van der Waals surface area (Å²) in [5, 5.41) is 5.03. The number of thioether (sulfide) groups is 1. The van der Waals surface area contributed by atoms with Gasteiger partial charge in [0.05, 0.1) is 22.1 Å². The van der Waals surface area contributed by atoms with E-state index in [-0.39, 0.29) is 18.1 Å². The molecule has 0 bridgehead atoms. The van der Waals surface area contributed by atoms with E-state index >= 15 is 0 Å². The van der Waals surface area contributed by atoms with Crippen LogP contribution in [0.2, 0.25) is 0 Å². The van der Waals surface area contributed by atoms with Crippen molar-refractivity contribution in [2.24, 2.45) is 0 Å². The Labute approximate surface area is 110 Å². The van der Waals surface area contributed by atoms with Gasteiger partial charge in [0.1, 0.15) is 0 Å². The van der Waals surface area contributed by atoms with Crippen LogP contribution in [0.1, 0.15) is 19.8 Å². The van der Waals surface area contributed by atoms with Crippen LogP contribution in [0.4, 0.5) is 0 Å². The van der Waals surface area contributed by atoms with E-state index < -0.39 is 0 Å². The summed E-state index contributed by atoms with van der Waals surface area (Å²) in [6.07, 6.45) is 2.36. The Bertz CT molecular complexity index is 347. The molecule has 0 spiro atoms. The van der Waals surface area contributed by atoms with Crippen molar-refractivity contribution in [2.75, 3.05) is 12.4 Å². The molecule has 17 heavy (non-hydrogen) atoms. The van der Waals surface area contributed by atoms with Crippen molar-refractivity contribution >= 4 is 29.0 Å². The number of nitrogens with one attached hydrogen (secondary N) is 1. The van der Waals surface area contributed by atoms with Crippen molar-refractivity contribution in [2.45, 2.75) is 36.1 Å². The highest BCUT2D eigenvalue weighted by atomic mass is 32.2. The number of carbonyl (C=O) groups excluding carboxylic acids is 1. The molecule has 1 aromatic rings. The van der Waals surface area contributed by atoms with Gasteiger partial charge in [-0.25, -0.2) is 0 Å². The average molecular weight is 271 g/mol. The van der Waals surface area contributed by atoms with Crippen molar-refractivity contribution in [3.63, 3.8) is 0 Å². The van der Waals surface area contributed by atoms with Gasteiger partial charge in [-0.1, -0.05) is 6.07 Å². The average Bonchev–Trinajstić information content (AvgIpc) is 2.99. The van der Waals surface area contributed by atoms with Crippen LogP contribution in [0.15, 0.2) is 21.7 Å². The first-order chi connectivity index (χ1) is 8.25. The van der Waals surface area contributed by atoms with Crippen molar-refractivity contribution in [3.05, 3.63) is 17.5 Å². The second kappa shape index (κ2) is 6.42. The third kappa shape index (κ3) is 4.01. The summed E-state index contributed by atoms with van der Waals surface area (Å²) in [4.78, 5) is 11.7. The lowest BCUT2D eigenvalue weighted by molar-refractivity contribution is -0.120. The highest BCUT2D eigenvalue weighted by molar-refractivity contribution is 8.01. The molecule has 1 N–H and O–H groups in total. The second-order valence-electron chi connectivity index (χ2n) is 4.13. The Kier molecular flexibility index (Phi) is 4.88. The van der Waals surface area contributed by atoms with E-state index in [1.807, 2.05) is 24.4 Å². The lowest BCUT2D eigenvalue weighted by Gasteiger charge is -2.19. The predicted octanol–water partition coefficient (Wildman–Crippen LogP) is 2.52. The van der Waals surface area contributed by atoms with Crippen LogP contribution in [-0.4, -0.2) is 30.4 Å². The maximum Gasteiger partial charge on any atom is 0.230 e. The molecular formula is C12H17NO2S2. The van der Waals surface area contributed by atoms with E-state index in [1.54, 1.807) is 23.1 Å². The molecule has 2 atom stereocenters. The van der Waals surface area contributed by atoms with Gasteiger partial charge in [0.15, 0.2) is 0 Å². The predicted molar refractivity (Wildman–Crippen MR) is 71.6 cm³/mol. The topological polar surface area (TPSA) is 38.3 Å². The minimum atomic E-state index is 0.0893. The molecule has 94 valence electrons. The van der Waals surface area contributed by atoms with Crippen LogP contribution in [0.5, 0.6) is 0 Å². The molecule has 5 heteroatoms. The Morgan fingerprint density at radius 2 is 2.65 bits per heavy atom. The second-order valence-corrected chi connectivity index (χ2v) is 6.35. The molecule has 1 aliphatic heterocycles. The van der Waals surface area contributed by atoms with Crippen LogP contribution in [0.25, 0.3) is 0 Å². The third-order valence-electron chi connectivity index (χ3n) is 2.75. The standard InChI is InChI=1S/C12H17NO2S2/c1-9(10-4-2-6-15-10)13-11(14)8-17-12-5-3-7-16-12/h3,5,7,9-10H,2,4,6,8H2,1H3,(H,13,14)/t9-,10-/m1/s1. The Hall–Kier alpha value is -0.520. The number of hydrogen-bond donors (Lipinski definition) is 1. The summed E-state index contributed by atoms with van der Waals surface area (Å²) >= 11 is 3.25. The Balaban J connectivity index is 1.69. The molecular weight excluding hydrogens is 254 g/mol. The van der Waals surface area contributed by atoms with Crippen molar-refractivity contribution in [1.82, 2.24) is 5.32 Å². The number of thiophene rings is 1. The van der Waals surface area contributed by atoms with Crippen molar-refractivity contribution in [3.8, 4) is 0 Å². The monoisotopic (exact) mass is 271 g/mol. The zero-order valence-corrected chi connectivity index (χ0v) is 11.5. The first-order valence-corrected chi connectivity index (χ1v) is 7.69. The fourth-order valence-corrected chi connectivity index (χ4v) is 3.46. The Morgan fingerprint density at radius 3 is 3.29 bits per heavy atom. The summed E-state index contributed by atoms with van der Waals surface area (Å²) in [5.74, 6) is 0.573. The van der Waals surface area contributed by atoms with Gasteiger partial charge in [0, 0.05) is 6.61 Å². The third-order valence-corrected chi connectivity index (χ3v) is 4.88.